The predicted octanol–water partition coefficient (Wildman–Crippen LogP) is -3.24. The maximum atomic E-state index is 12.8. The molecule has 4 atom stereocenters. The Bertz CT molecular complexity index is 631. The van der Waals surface area contributed by atoms with Crippen LogP contribution in [-0.2, 0) is 24.0 Å². The molecule has 0 aromatic rings. The number of amides is 3. The van der Waals surface area contributed by atoms with Crippen molar-refractivity contribution in [1.82, 2.24) is 15.5 Å². The monoisotopic (exact) mass is 420 g/mol. The largest absolute Gasteiger partial charge is 0.481 e. The average Bonchev–Trinajstić information content (AvgIpc) is 3.13. The number of carboxylic acids is 2. The molecule has 3 amide bonds. The number of nitrogens with one attached hydrogen (secondary N) is 2. The molecule has 1 aliphatic rings. The molecule has 0 aromatic heterocycles. The van der Waals surface area contributed by atoms with Crippen LogP contribution in [-0.4, -0.2) is 93.0 Å². The molecule has 1 rings (SSSR count). The minimum atomic E-state index is -1.49. The minimum Gasteiger partial charge on any atom is -0.481 e. The number of nitrogens with zero attached hydrogens (tertiary/aromatic N) is 1. The minimum absolute atomic E-state index is 0.133. The van der Waals surface area contributed by atoms with Crippen molar-refractivity contribution in [3.05, 3.63) is 0 Å². The second-order valence-electron chi connectivity index (χ2n) is 6.22. The van der Waals surface area contributed by atoms with Crippen molar-refractivity contribution in [3.8, 4) is 0 Å². The molecule has 1 heterocycles. The lowest BCUT2D eigenvalue weighted by Crippen LogP contribution is -2.57. The highest BCUT2D eigenvalue weighted by atomic mass is 32.1. The Morgan fingerprint density at radius 2 is 1.79 bits per heavy atom. The maximum Gasteiger partial charge on any atom is 0.327 e. The fraction of sp³-hybridized carbons (Fsp3) is 0.667. The van der Waals surface area contributed by atoms with E-state index in [0.717, 1.165) is 4.90 Å². The second kappa shape index (κ2) is 10.8. The lowest BCUT2D eigenvalue weighted by atomic mass is 10.1. The normalized spacial score (nSPS) is 19.4. The summed E-state index contributed by atoms with van der Waals surface area (Å²) in [5.74, 6) is -5.23. The van der Waals surface area contributed by atoms with Gasteiger partial charge in [-0.3, -0.25) is 19.2 Å². The topological polar surface area (TPSA) is 199 Å². The van der Waals surface area contributed by atoms with Gasteiger partial charge in [-0.1, -0.05) is 0 Å². The lowest BCUT2D eigenvalue weighted by Gasteiger charge is -2.29. The molecule has 0 aromatic carbocycles. The van der Waals surface area contributed by atoms with Gasteiger partial charge in [0.15, 0.2) is 0 Å². The number of rotatable bonds is 10. The standard InChI is InChI=1S/C15H24N4O8S/c16-7(5-20)12(23)17-8(4-11(21)22)14(25)19-3-1-2-10(19)13(24)18-9(6-28)15(26)27/h7-10,20,28H,1-6,16H2,(H,17,23)(H,18,24)(H,21,22)(H,26,27). The summed E-state index contributed by atoms with van der Waals surface area (Å²) in [5, 5.41) is 31.4. The second-order valence-corrected chi connectivity index (χ2v) is 6.58. The van der Waals surface area contributed by atoms with E-state index in [-0.39, 0.29) is 18.7 Å². The highest BCUT2D eigenvalue weighted by Crippen LogP contribution is 2.19. The molecule has 0 spiro atoms. The summed E-state index contributed by atoms with van der Waals surface area (Å²) < 4.78 is 0. The molecule has 1 aliphatic heterocycles. The fourth-order valence-electron chi connectivity index (χ4n) is 2.69. The number of carbonyl (C=O) groups excluding carboxylic acids is 3. The highest BCUT2D eigenvalue weighted by molar-refractivity contribution is 7.80. The average molecular weight is 420 g/mol. The van der Waals surface area contributed by atoms with Gasteiger partial charge >= 0.3 is 11.9 Å². The number of aliphatic hydroxyl groups excluding tert-OH is 1. The van der Waals surface area contributed by atoms with Gasteiger partial charge in [0.1, 0.15) is 24.2 Å². The van der Waals surface area contributed by atoms with Gasteiger partial charge in [-0.15, -0.1) is 0 Å². The van der Waals surface area contributed by atoms with Crippen molar-refractivity contribution in [1.29, 1.82) is 0 Å². The number of carboxylic acid groups (broad SMARTS) is 2. The first-order valence-corrected chi connectivity index (χ1v) is 9.08. The molecule has 7 N–H and O–H groups in total. The zero-order valence-electron chi connectivity index (χ0n) is 14.9. The first-order valence-electron chi connectivity index (χ1n) is 8.45. The summed E-state index contributed by atoms with van der Waals surface area (Å²) in [6, 6.07) is -5.08. The van der Waals surface area contributed by atoms with Crippen LogP contribution in [0.25, 0.3) is 0 Å². The van der Waals surface area contributed by atoms with Crippen LogP contribution in [0.2, 0.25) is 0 Å². The number of likely N-dealkylation sites (tertiary alicyclic amines) is 1. The lowest BCUT2D eigenvalue weighted by molar-refractivity contribution is -0.147. The molecule has 0 radical (unpaired) electrons. The van der Waals surface area contributed by atoms with Crippen LogP contribution in [0.4, 0.5) is 0 Å². The third kappa shape index (κ3) is 6.35. The van der Waals surface area contributed by atoms with E-state index in [1.165, 1.54) is 0 Å². The first kappa shape index (κ1) is 23.7. The van der Waals surface area contributed by atoms with E-state index in [9.17, 15) is 24.0 Å². The number of hydrogen-bond donors (Lipinski definition) is 7. The number of aliphatic carboxylic acids is 2. The van der Waals surface area contributed by atoms with Gasteiger partial charge in [0.05, 0.1) is 13.0 Å². The smallest absolute Gasteiger partial charge is 0.327 e. The van der Waals surface area contributed by atoms with E-state index < -0.39 is 66.9 Å². The SMILES string of the molecule is NC(CO)C(=O)NC(CC(=O)O)C(=O)N1CCCC1C(=O)NC(CS)C(=O)O. The van der Waals surface area contributed by atoms with Crippen LogP contribution in [0.3, 0.4) is 0 Å². The molecule has 0 bridgehead atoms. The third-order valence-corrected chi connectivity index (χ3v) is 4.53. The molecule has 4 unspecified atom stereocenters. The predicted molar refractivity (Wildman–Crippen MR) is 97.4 cm³/mol. The van der Waals surface area contributed by atoms with Gasteiger partial charge in [-0.25, -0.2) is 4.79 Å². The Balaban J connectivity index is 2.93. The Hall–Kier alpha value is -2.38. The van der Waals surface area contributed by atoms with Crippen molar-refractivity contribution < 1.29 is 39.3 Å². The molecule has 12 nitrogen and oxygen atoms in total. The van der Waals surface area contributed by atoms with Gasteiger partial charge in [0, 0.05) is 12.3 Å². The summed E-state index contributed by atoms with van der Waals surface area (Å²) in [7, 11) is 0. The zero-order valence-corrected chi connectivity index (χ0v) is 15.8. The van der Waals surface area contributed by atoms with Crippen LogP contribution < -0.4 is 16.4 Å². The molecule has 13 heteroatoms. The van der Waals surface area contributed by atoms with E-state index in [1.807, 2.05) is 0 Å². The van der Waals surface area contributed by atoms with E-state index in [0.29, 0.717) is 6.42 Å². The molecule has 0 aliphatic carbocycles. The molecule has 1 fully saturated rings. The van der Waals surface area contributed by atoms with E-state index in [4.69, 9.17) is 21.1 Å². The van der Waals surface area contributed by atoms with E-state index >= 15 is 0 Å². The van der Waals surface area contributed by atoms with Crippen molar-refractivity contribution in [2.75, 3.05) is 18.9 Å². The maximum absolute atomic E-state index is 12.8. The van der Waals surface area contributed by atoms with E-state index in [2.05, 4.69) is 23.3 Å². The molecule has 0 saturated carbocycles. The zero-order chi connectivity index (χ0) is 21.4. The van der Waals surface area contributed by atoms with E-state index in [1.54, 1.807) is 0 Å². The Morgan fingerprint density at radius 1 is 1.14 bits per heavy atom. The molecule has 1 saturated heterocycles. The number of hydrogen-bond acceptors (Lipinski definition) is 8. The van der Waals surface area contributed by atoms with Crippen LogP contribution >= 0.6 is 12.6 Å². The Labute approximate surface area is 165 Å². The summed E-state index contributed by atoms with van der Waals surface area (Å²) in [6.45, 7) is -0.567. The van der Waals surface area contributed by atoms with Crippen LogP contribution in [0, 0.1) is 0 Å². The summed E-state index contributed by atoms with van der Waals surface area (Å²) >= 11 is 3.85. The Morgan fingerprint density at radius 3 is 2.29 bits per heavy atom. The molecule has 158 valence electrons. The van der Waals surface area contributed by atoms with Crippen molar-refractivity contribution in [2.45, 2.75) is 43.4 Å². The summed E-state index contributed by atoms with van der Waals surface area (Å²) in [5.41, 5.74) is 5.36. The highest BCUT2D eigenvalue weighted by Gasteiger charge is 2.39. The Kier molecular flexibility index (Phi) is 9.15. The number of thiol groups is 1. The van der Waals surface area contributed by atoms with Gasteiger partial charge < -0.3 is 36.6 Å². The third-order valence-electron chi connectivity index (χ3n) is 4.16. The molecular formula is C15H24N4O8S. The summed E-state index contributed by atoms with van der Waals surface area (Å²) in [4.78, 5) is 60.2. The van der Waals surface area contributed by atoms with Crippen molar-refractivity contribution in [2.24, 2.45) is 5.73 Å². The quantitative estimate of drug-likeness (QED) is 0.177. The number of aliphatic hydroxyl groups is 1. The van der Waals surface area contributed by atoms with Crippen molar-refractivity contribution in [3.63, 3.8) is 0 Å². The first-order chi connectivity index (χ1) is 13.1. The van der Waals surface area contributed by atoms with Gasteiger partial charge in [0.2, 0.25) is 17.7 Å². The van der Waals surface area contributed by atoms with Gasteiger partial charge in [-0.2, -0.15) is 12.6 Å². The number of carbonyl (C=O) groups is 5. The van der Waals surface area contributed by atoms with Gasteiger partial charge in [0.25, 0.3) is 0 Å². The number of nitrogens with two attached hydrogens (primary N) is 1. The van der Waals surface area contributed by atoms with Crippen LogP contribution in [0.1, 0.15) is 19.3 Å². The molecule has 28 heavy (non-hydrogen) atoms. The summed E-state index contributed by atoms with van der Waals surface area (Å²) in [6.07, 6.45) is -0.0609. The van der Waals surface area contributed by atoms with Crippen LogP contribution in [0.5, 0.6) is 0 Å². The fourth-order valence-corrected chi connectivity index (χ4v) is 2.94. The van der Waals surface area contributed by atoms with Crippen molar-refractivity contribution >= 4 is 42.3 Å². The molecular weight excluding hydrogens is 396 g/mol. The van der Waals surface area contributed by atoms with Gasteiger partial charge in [-0.05, 0) is 12.8 Å². The van der Waals surface area contributed by atoms with Crippen LogP contribution in [0.15, 0.2) is 0 Å².